The second-order valence-corrected chi connectivity index (χ2v) is 9.57. The third-order valence-corrected chi connectivity index (χ3v) is 7.15. The van der Waals surface area contributed by atoms with Crippen LogP contribution in [0, 0.1) is 6.92 Å². The number of aliphatic imine (C=N–C) groups is 1. The molecule has 2 aliphatic rings. The van der Waals surface area contributed by atoms with E-state index in [4.69, 9.17) is 0 Å². The SMILES string of the molecule is CCn1cc(N2CC(S(=O)(=O)c3ccc(C)cc3)C=C3C=C(Br)N=C32)cn1. The van der Waals surface area contributed by atoms with Crippen LogP contribution < -0.4 is 4.90 Å². The van der Waals surface area contributed by atoms with E-state index in [0.29, 0.717) is 16.0 Å². The lowest BCUT2D eigenvalue weighted by atomic mass is 10.1. The van der Waals surface area contributed by atoms with Gasteiger partial charge in [-0.15, -0.1) is 0 Å². The van der Waals surface area contributed by atoms with Gasteiger partial charge in [-0.3, -0.25) is 4.68 Å². The molecule has 2 aromatic rings. The molecule has 0 saturated heterocycles. The lowest BCUT2D eigenvalue weighted by Crippen LogP contribution is -2.44. The van der Waals surface area contributed by atoms with E-state index < -0.39 is 15.1 Å². The number of rotatable bonds is 4. The summed E-state index contributed by atoms with van der Waals surface area (Å²) in [7, 11) is -3.52. The average molecular weight is 447 g/mol. The molecule has 1 aromatic carbocycles. The fourth-order valence-electron chi connectivity index (χ4n) is 3.23. The third-order valence-electron chi connectivity index (χ3n) is 4.73. The van der Waals surface area contributed by atoms with Gasteiger partial charge in [0.15, 0.2) is 9.84 Å². The van der Waals surface area contributed by atoms with Gasteiger partial charge in [-0.25, -0.2) is 13.4 Å². The maximum absolute atomic E-state index is 13.2. The molecule has 0 spiro atoms. The lowest BCUT2D eigenvalue weighted by molar-refractivity contribution is 0.588. The third kappa shape index (κ3) is 3.27. The van der Waals surface area contributed by atoms with Crippen LogP contribution in [0.5, 0.6) is 0 Å². The van der Waals surface area contributed by atoms with E-state index in [-0.39, 0.29) is 0 Å². The van der Waals surface area contributed by atoms with Crippen LogP contribution in [0.1, 0.15) is 12.5 Å². The topological polar surface area (TPSA) is 67.6 Å². The monoisotopic (exact) mass is 446 g/mol. The van der Waals surface area contributed by atoms with E-state index in [1.165, 1.54) is 0 Å². The molecule has 27 heavy (non-hydrogen) atoms. The first-order valence-corrected chi connectivity index (χ1v) is 11.0. The van der Waals surface area contributed by atoms with Gasteiger partial charge in [0.05, 0.1) is 16.8 Å². The fourth-order valence-corrected chi connectivity index (χ4v) is 5.18. The van der Waals surface area contributed by atoms with E-state index in [1.54, 1.807) is 24.4 Å². The summed E-state index contributed by atoms with van der Waals surface area (Å²) in [4.78, 5) is 6.78. The van der Waals surface area contributed by atoms with Gasteiger partial charge in [0.25, 0.3) is 0 Å². The largest absolute Gasteiger partial charge is 0.322 e. The average Bonchev–Trinajstić information content (AvgIpc) is 3.26. The predicted octanol–water partition coefficient (Wildman–Crippen LogP) is 3.45. The van der Waals surface area contributed by atoms with Crippen molar-refractivity contribution in [2.24, 2.45) is 4.99 Å². The number of nitrogens with zero attached hydrogens (tertiary/aromatic N) is 4. The molecule has 6 nitrogen and oxygen atoms in total. The molecule has 0 aliphatic carbocycles. The predicted molar refractivity (Wildman–Crippen MR) is 110 cm³/mol. The highest BCUT2D eigenvalue weighted by atomic mass is 79.9. The number of hydrogen-bond donors (Lipinski definition) is 0. The van der Waals surface area contributed by atoms with Crippen LogP contribution >= 0.6 is 15.9 Å². The molecule has 1 unspecified atom stereocenters. The number of fused-ring (bicyclic) bond motifs is 1. The first kappa shape index (κ1) is 18.2. The maximum atomic E-state index is 13.2. The Hall–Kier alpha value is -2.19. The molecular weight excluding hydrogens is 428 g/mol. The van der Waals surface area contributed by atoms with Gasteiger partial charge in [-0.2, -0.15) is 5.10 Å². The van der Waals surface area contributed by atoms with Crippen LogP contribution in [0.4, 0.5) is 5.69 Å². The van der Waals surface area contributed by atoms with Crippen LogP contribution in [0.25, 0.3) is 0 Å². The highest BCUT2D eigenvalue weighted by molar-refractivity contribution is 9.11. The Labute approximate surface area is 167 Å². The van der Waals surface area contributed by atoms with Crippen molar-refractivity contribution >= 4 is 37.3 Å². The van der Waals surface area contributed by atoms with Gasteiger partial charge in [-0.05, 0) is 48.0 Å². The molecule has 0 amide bonds. The zero-order valence-electron chi connectivity index (χ0n) is 15.0. The molecule has 0 N–H and O–H groups in total. The number of aromatic nitrogens is 2. The number of sulfone groups is 1. The fraction of sp³-hybridized carbons (Fsp3) is 0.263. The number of hydrogen-bond acceptors (Lipinski definition) is 5. The summed E-state index contributed by atoms with van der Waals surface area (Å²) >= 11 is 3.41. The minimum Gasteiger partial charge on any atom is -0.322 e. The number of halogens is 1. The highest BCUT2D eigenvalue weighted by Gasteiger charge is 2.36. The minimum atomic E-state index is -3.52. The summed E-state index contributed by atoms with van der Waals surface area (Å²) in [6, 6.07) is 7.00. The van der Waals surface area contributed by atoms with Crippen molar-refractivity contribution in [1.29, 1.82) is 0 Å². The van der Waals surface area contributed by atoms with Crippen molar-refractivity contribution in [2.45, 2.75) is 30.5 Å². The van der Waals surface area contributed by atoms with Gasteiger partial charge in [-0.1, -0.05) is 23.8 Å². The molecular formula is C19H19BrN4O2S. The van der Waals surface area contributed by atoms with Gasteiger partial charge in [0.1, 0.15) is 15.7 Å². The van der Waals surface area contributed by atoms with Gasteiger partial charge < -0.3 is 4.90 Å². The first-order chi connectivity index (χ1) is 12.9. The summed E-state index contributed by atoms with van der Waals surface area (Å²) < 4.78 is 29.0. The van der Waals surface area contributed by atoms with E-state index >= 15 is 0 Å². The van der Waals surface area contributed by atoms with Crippen LogP contribution in [-0.4, -0.2) is 35.8 Å². The van der Waals surface area contributed by atoms with Gasteiger partial charge >= 0.3 is 0 Å². The molecule has 8 heteroatoms. The summed E-state index contributed by atoms with van der Waals surface area (Å²) in [5.41, 5.74) is 2.67. The second-order valence-electron chi connectivity index (χ2n) is 6.59. The Morgan fingerprint density at radius 3 is 2.67 bits per heavy atom. The Morgan fingerprint density at radius 2 is 2.00 bits per heavy atom. The molecule has 0 bridgehead atoms. The van der Waals surface area contributed by atoms with E-state index in [1.807, 2.05) is 47.8 Å². The Morgan fingerprint density at radius 1 is 1.26 bits per heavy atom. The molecule has 140 valence electrons. The number of anilines is 1. The molecule has 3 heterocycles. The molecule has 1 aromatic heterocycles. The highest BCUT2D eigenvalue weighted by Crippen LogP contribution is 2.33. The van der Waals surface area contributed by atoms with Crippen molar-refractivity contribution < 1.29 is 8.42 Å². The van der Waals surface area contributed by atoms with Crippen LogP contribution in [-0.2, 0) is 16.4 Å². The molecule has 0 fully saturated rings. The molecule has 0 radical (unpaired) electrons. The van der Waals surface area contributed by atoms with Crippen LogP contribution in [0.15, 0.2) is 68.9 Å². The molecule has 1 atom stereocenters. The lowest BCUT2D eigenvalue weighted by Gasteiger charge is -2.31. The van der Waals surface area contributed by atoms with Crippen molar-refractivity contribution in [3.8, 4) is 0 Å². The zero-order chi connectivity index (χ0) is 19.2. The quantitative estimate of drug-likeness (QED) is 0.674. The van der Waals surface area contributed by atoms with E-state index in [0.717, 1.165) is 29.2 Å². The van der Waals surface area contributed by atoms with Crippen molar-refractivity contribution in [1.82, 2.24) is 9.78 Å². The van der Waals surface area contributed by atoms with E-state index in [9.17, 15) is 8.42 Å². The number of benzene rings is 1. The Balaban J connectivity index is 1.76. The molecule has 0 saturated carbocycles. The number of aryl methyl sites for hydroxylation is 2. The van der Waals surface area contributed by atoms with Crippen molar-refractivity contribution in [3.05, 3.63) is 64.6 Å². The molecule has 2 aliphatic heterocycles. The van der Waals surface area contributed by atoms with Gasteiger partial charge in [0, 0.05) is 24.9 Å². The smallest absolute Gasteiger partial charge is 0.186 e. The van der Waals surface area contributed by atoms with E-state index in [2.05, 4.69) is 26.0 Å². The Kier molecular flexibility index (Phi) is 4.55. The summed E-state index contributed by atoms with van der Waals surface area (Å²) in [5.74, 6) is 0.743. The summed E-state index contributed by atoms with van der Waals surface area (Å²) in [6.45, 7) is 4.99. The maximum Gasteiger partial charge on any atom is 0.186 e. The molecule has 4 rings (SSSR count). The minimum absolute atomic E-state index is 0.294. The van der Waals surface area contributed by atoms with Gasteiger partial charge in [0.2, 0.25) is 0 Å². The second kappa shape index (κ2) is 6.76. The standard InChI is InChI=1S/C19H19BrN4O2S/c1-3-23-11-15(10-21-23)24-12-17(8-14-9-18(20)22-19(14)24)27(25,26)16-6-4-13(2)5-7-16/h4-11,17H,3,12H2,1-2H3. The summed E-state index contributed by atoms with van der Waals surface area (Å²) in [5, 5.41) is 3.65. The number of amidine groups is 1. The summed E-state index contributed by atoms with van der Waals surface area (Å²) in [6.07, 6.45) is 7.30. The van der Waals surface area contributed by atoms with Crippen LogP contribution in [0.2, 0.25) is 0 Å². The first-order valence-electron chi connectivity index (χ1n) is 8.67. The van der Waals surface area contributed by atoms with Crippen molar-refractivity contribution in [2.75, 3.05) is 11.4 Å². The zero-order valence-corrected chi connectivity index (χ0v) is 17.4. The van der Waals surface area contributed by atoms with Crippen molar-refractivity contribution in [3.63, 3.8) is 0 Å². The normalized spacial score (nSPS) is 19.4. The Bertz CT molecular complexity index is 1080. The van der Waals surface area contributed by atoms with Crippen LogP contribution in [0.3, 0.4) is 0 Å².